The van der Waals surface area contributed by atoms with E-state index in [1.807, 2.05) is 19.1 Å². The lowest BCUT2D eigenvalue weighted by molar-refractivity contribution is -0.143. The third kappa shape index (κ3) is 2.89. The van der Waals surface area contributed by atoms with Crippen molar-refractivity contribution in [1.29, 1.82) is 0 Å². The van der Waals surface area contributed by atoms with E-state index in [-0.39, 0.29) is 5.91 Å². The van der Waals surface area contributed by atoms with E-state index in [9.17, 15) is 14.7 Å². The number of carbonyl (C=O) groups is 2. The standard InChI is InChI=1S/C13H14INO3S/c1-8-3-2-4-9(10(8)14)11(16)15-13(12(17)18)5-6-19-7-13/h2-4H,5-7H2,1H3,(H,15,16)(H,17,18). The number of hydrogen-bond donors (Lipinski definition) is 2. The molecule has 1 saturated heterocycles. The van der Waals surface area contributed by atoms with Crippen LogP contribution in [-0.4, -0.2) is 34.0 Å². The third-order valence-corrected chi connectivity index (χ3v) is 5.84. The molecule has 1 aromatic rings. The summed E-state index contributed by atoms with van der Waals surface area (Å²) < 4.78 is 0.865. The minimum absolute atomic E-state index is 0.307. The fourth-order valence-corrected chi connectivity index (χ4v) is 3.92. The van der Waals surface area contributed by atoms with Gasteiger partial charge in [-0.05, 0) is 53.3 Å². The SMILES string of the molecule is Cc1cccc(C(=O)NC2(C(=O)O)CCSC2)c1I. The van der Waals surface area contributed by atoms with Crippen LogP contribution in [0.5, 0.6) is 0 Å². The van der Waals surface area contributed by atoms with E-state index in [1.165, 1.54) is 0 Å². The lowest BCUT2D eigenvalue weighted by atomic mass is 9.98. The number of rotatable bonds is 3. The van der Waals surface area contributed by atoms with Crippen molar-refractivity contribution in [3.63, 3.8) is 0 Å². The zero-order valence-corrected chi connectivity index (χ0v) is 13.4. The van der Waals surface area contributed by atoms with E-state index in [4.69, 9.17) is 0 Å². The molecule has 1 aliphatic rings. The Morgan fingerprint density at radius 2 is 2.21 bits per heavy atom. The molecule has 1 aromatic carbocycles. The van der Waals surface area contributed by atoms with Crippen molar-refractivity contribution in [1.82, 2.24) is 5.32 Å². The first-order valence-corrected chi connectivity index (χ1v) is 8.08. The van der Waals surface area contributed by atoms with Gasteiger partial charge in [-0.15, -0.1) is 0 Å². The second-order valence-electron chi connectivity index (χ2n) is 4.58. The number of thioether (sulfide) groups is 1. The Hall–Kier alpha value is -0.760. The van der Waals surface area contributed by atoms with E-state index in [0.29, 0.717) is 17.7 Å². The molecule has 0 bridgehead atoms. The molecule has 0 spiro atoms. The summed E-state index contributed by atoms with van der Waals surface area (Å²) in [5, 5.41) is 12.1. The molecule has 102 valence electrons. The van der Waals surface area contributed by atoms with Crippen LogP contribution in [0.4, 0.5) is 0 Å². The maximum atomic E-state index is 12.3. The van der Waals surface area contributed by atoms with Crippen molar-refractivity contribution in [2.45, 2.75) is 18.9 Å². The molecular weight excluding hydrogens is 377 g/mol. The molecule has 0 aromatic heterocycles. The summed E-state index contributed by atoms with van der Waals surface area (Å²) in [7, 11) is 0. The van der Waals surface area contributed by atoms with Gasteiger partial charge in [-0.25, -0.2) is 4.79 Å². The molecule has 0 saturated carbocycles. The van der Waals surface area contributed by atoms with Gasteiger partial charge in [0.2, 0.25) is 0 Å². The van der Waals surface area contributed by atoms with Gasteiger partial charge < -0.3 is 10.4 Å². The van der Waals surface area contributed by atoms with Crippen LogP contribution in [0.1, 0.15) is 22.3 Å². The van der Waals surface area contributed by atoms with E-state index in [0.717, 1.165) is 14.9 Å². The van der Waals surface area contributed by atoms with Gasteiger partial charge in [0.25, 0.3) is 5.91 Å². The molecule has 1 amide bonds. The average Bonchev–Trinajstić information content (AvgIpc) is 2.82. The number of aliphatic carboxylic acids is 1. The molecule has 1 unspecified atom stereocenters. The molecule has 1 fully saturated rings. The largest absolute Gasteiger partial charge is 0.479 e. The second kappa shape index (κ2) is 5.70. The van der Waals surface area contributed by atoms with Crippen molar-refractivity contribution < 1.29 is 14.7 Å². The molecule has 6 heteroatoms. The number of hydrogen-bond acceptors (Lipinski definition) is 3. The lowest BCUT2D eigenvalue weighted by Crippen LogP contribution is -2.54. The number of carboxylic acid groups (broad SMARTS) is 1. The van der Waals surface area contributed by atoms with Crippen molar-refractivity contribution >= 4 is 46.2 Å². The number of carbonyl (C=O) groups excluding carboxylic acids is 1. The van der Waals surface area contributed by atoms with Gasteiger partial charge in [0, 0.05) is 9.32 Å². The van der Waals surface area contributed by atoms with Gasteiger partial charge in [-0.2, -0.15) is 11.8 Å². The predicted octanol–water partition coefficient (Wildman–Crippen LogP) is 2.29. The zero-order valence-electron chi connectivity index (χ0n) is 10.4. The highest BCUT2D eigenvalue weighted by Gasteiger charge is 2.43. The summed E-state index contributed by atoms with van der Waals surface area (Å²) in [5.74, 6) is -0.0694. The number of halogens is 1. The molecule has 4 nitrogen and oxygen atoms in total. The molecule has 1 aliphatic heterocycles. The van der Waals surface area contributed by atoms with Crippen LogP contribution in [0, 0.1) is 10.5 Å². The topological polar surface area (TPSA) is 66.4 Å². The van der Waals surface area contributed by atoms with Gasteiger partial charge in [0.05, 0.1) is 5.56 Å². The van der Waals surface area contributed by atoms with Crippen LogP contribution in [0.25, 0.3) is 0 Å². The van der Waals surface area contributed by atoms with Crippen LogP contribution in [0.3, 0.4) is 0 Å². The van der Waals surface area contributed by atoms with E-state index in [2.05, 4.69) is 27.9 Å². The normalized spacial score (nSPS) is 22.2. The minimum atomic E-state index is -1.12. The molecule has 1 heterocycles. The second-order valence-corrected chi connectivity index (χ2v) is 6.76. The maximum Gasteiger partial charge on any atom is 0.330 e. The molecule has 0 radical (unpaired) electrons. The third-order valence-electron chi connectivity index (χ3n) is 3.22. The summed E-state index contributed by atoms with van der Waals surface area (Å²) in [6.07, 6.45) is 0.473. The fourth-order valence-electron chi connectivity index (χ4n) is 1.99. The van der Waals surface area contributed by atoms with E-state index in [1.54, 1.807) is 17.8 Å². The quantitative estimate of drug-likeness (QED) is 0.777. The van der Waals surface area contributed by atoms with E-state index < -0.39 is 11.5 Å². The average molecular weight is 391 g/mol. The summed E-state index contributed by atoms with van der Waals surface area (Å²) in [4.78, 5) is 23.7. The highest BCUT2D eigenvalue weighted by atomic mass is 127. The lowest BCUT2D eigenvalue weighted by Gasteiger charge is -2.25. The smallest absolute Gasteiger partial charge is 0.330 e. The van der Waals surface area contributed by atoms with Crippen molar-refractivity contribution in [2.75, 3.05) is 11.5 Å². The van der Waals surface area contributed by atoms with Gasteiger partial charge in [0.15, 0.2) is 0 Å². The van der Waals surface area contributed by atoms with Gasteiger partial charge >= 0.3 is 5.97 Å². The summed E-state index contributed by atoms with van der Waals surface area (Å²) in [5.41, 5.74) is 0.436. The summed E-state index contributed by atoms with van der Waals surface area (Å²) >= 11 is 3.67. The predicted molar refractivity (Wildman–Crippen MR) is 83.7 cm³/mol. The van der Waals surface area contributed by atoms with Crippen LogP contribution in [-0.2, 0) is 4.79 Å². The highest BCUT2D eigenvalue weighted by Crippen LogP contribution is 2.29. The Labute approximate surface area is 129 Å². The first-order chi connectivity index (χ1) is 8.96. The Kier molecular flexibility index (Phi) is 4.39. The van der Waals surface area contributed by atoms with Crippen molar-refractivity contribution in [2.24, 2.45) is 0 Å². The van der Waals surface area contributed by atoms with Crippen LogP contribution < -0.4 is 5.32 Å². The fraction of sp³-hybridized carbons (Fsp3) is 0.385. The zero-order chi connectivity index (χ0) is 14.0. The van der Waals surface area contributed by atoms with Crippen LogP contribution in [0.15, 0.2) is 18.2 Å². The first kappa shape index (κ1) is 14.6. The molecule has 19 heavy (non-hydrogen) atoms. The van der Waals surface area contributed by atoms with Crippen LogP contribution >= 0.6 is 34.4 Å². The van der Waals surface area contributed by atoms with Crippen molar-refractivity contribution in [3.8, 4) is 0 Å². The Morgan fingerprint density at radius 1 is 1.47 bits per heavy atom. The Bertz CT molecular complexity index is 527. The van der Waals surface area contributed by atoms with E-state index >= 15 is 0 Å². The van der Waals surface area contributed by atoms with Gasteiger partial charge in [0.1, 0.15) is 5.54 Å². The molecule has 2 N–H and O–H groups in total. The minimum Gasteiger partial charge on any atom is -0.479 e. The molecular formula is C13H14INO3S. The Balaban J connectivity index is 2.25. The van der Waals surface area contributed by atoms with Crippen molar-refractivity contribution in [3.05, 3.63) is 32.9 Å². The number of nitrogens with one attached hydrogen (secondary N) is 1. The maximum absolute atomic E-state index is 12.3. The van der Waals surface area contributed by atoms with Crippen LogP contribution in [0.2, 0.25) is 0 Å². The number of carboxylic acids is 1. The highest BCUT2D eigenvalue weighted by molar-refractivity contribution is 14.1. The number of benzene rings is 1. The molecule has 0 aliphatic carbocycles. The number of aryl methyl sites for hydroxylation is 1. The monoisotopic (exact) mass is 391 g/mol. The van der Waals surface area contributed by atoms with Gasteiger partial charge in [-0.1, -0.05) is 12.1 Å². The summed E-state index contributed by atoms with van der Waals surface area (Å²) in [6.45, 7) is 1.93. The molecule has 1 atom stereocenters. The first-order valence-electron chi connectivity index (χ1n) is 5.85. The molecule has 2 rings (SSSR count). The number of amides is 1. The summed E-state index contributed by atoms with van der Waals surface area (Å²) in [6, 6.07) is 5.46. The van der Waals surface area contributed by atoms with Gasteiger partial charge in [-0.3, -0.25) is 4.79 Å². The Morgan fingerprint density at radius 3 is 2.79 bits per heavy atom.